The molecule has 14 heavy (non-hydrogen) atoms. The number of hydrogen-bond acceptors (Lipinski definition) is 5. The van der Waals surface area contributed by atoms with E-state index >= 15 is 0 Å². The van der Waals surface area contributed by atoms with E-state index in [0.717, 1.165) is 11.3 Å². The summed E-state index contributed by atoms with van der Waals surface area (Å²) < 4.78 is 5.04. The molecule has 0 aliphatic carbocycles. The summed E-state index contributed by atoms with van der Waals surface area (Å²) in [4.78, 5) is 7.40. The van der Waals surface area contributed by atoms with Crippen molar-refractivity contribution in [3.8, 4) is 5.75 Å². The second-order valence-corrected chi connectivity index (χ2v) is 3.81. The largest absolute Gasteiger partial charge is 0.497 e. The highest BCUT2D eigenvalue weighted by atomic mass is 32.2. The molecule has 0 saturated carbocycles. The van der Waals surface area contributed by atoms with Crippen molar-refractivity contribution in [3.05, 3.63) is 29.8 Å². The van der Waals surface area contributed by atoms with E-state index in [1.807, 2.05) is 24.3 Å². The Morgan fingerprint density at radius 3 is 2.64 bits per heavy atom. The number of benzene rings is 1. The second-order valence-electron chi connectivity index (χ2n) is 2.90. The predicted octanol–water partition coefficient (Wildman–Crippen LogP) is 1.24. The summed E-state index contributed by atoms with van der Waals surface area (Å²) in [6.45, 7) is 0. The van der Waals surface area contributed by atoms with Gasteiger partial charge in [-0.1, -0.05) is 12.1 Å². The molecule has 2 atom stereocenters. The summed E-state index contributed by atoms with van der Waals surface area (Å²) >= 11 is 1.35. The number of hydrogen-bond donors (Lipinski definition) is 2. The van der Waals surface area contributed by atoms with Gasteiger partial charge in [0.25, 0.3) is 0 Å². The second kappa shape index (κ2) is 4.18. The van der Waals surface area contributed by atoms with Crippen molar-refractivity contribution in [1.29, 1.82) is 0 Å². The van der Waals surface area contributed by atoms with Gasteiger partial charge in [-0.05, 0) is 29.6 Å². The number of aliphatic hydroxyl groups excluding tert-OH is 1. The van der Waals surface area contributed by atoms with Gasteiger partial charge in [0.2, 0.25) is 0 Å². The lowest BCUT2D eigenvalue weighted by Gasteiger charge is -2.10. The minimum Gasteiger partial charge on any atom is -0.497 e. The van der Waals surface area contributed by atoms with Crippen molar-refractivity contribution >= 4 is 11.9 Å². The van der Waals surface area contributed by atoms with Crippen molar-refractivity contribution in [2.24, 2.45) is 0 Å². The maximum absolute atomic E-state index is 9.43. The van der Waals surface area contributed by atoms with E-state index in [2.05, 4.69) is 4.89 Å². The molecular weight excluding hydrogens is 202 g/mol. The quantitative estimate of drug-likeness (QED) is 0.724. The minimum atomic E-state index is -0.798. The highest BCUT2D eigenvalue weighted by Crippen LogP contribution is 2.35. The molecule has 0 aromatic heterocycles. The van der Waals surface area contributed by atoms with Crippen LogP contribution in [0.5, 0.6) is 5.75 Å². The van der Waals surface area contributed by atoms with Crippen LogP contribution in [-0.4, -0.2) is 18.5 Å². The molecule has 0 spiro atoms. The number of ether oxygens (including phenoxy) is 1. The minimum absolute atomic E-state index is 0.0825. The lowest BCUT2D eigenvalue weighted by molar-refractivity contribution is -0.103. The Morgan fingerprint density at radius 1 is 1.43 bits per heavy atom. The molecule has 1 aliphatic heterocycles. The lowest BCUT2D eigenvalue weighted by Crippen LogP contribution is -2.12. The van der Waals surface area contributed by atoms with Gasteiger partial charge in [0, 0.05) is 0 Å². The fraction of sp³-hybridized carbons (Fsp3) is 0.333. The molecule has 1 aromatic carbocycles. The molecule has 0 radical (unpaired) electrons. The normalized spacial score (nSPS) is 26.4. The van der Waals surface area contributed by atoms with Gasteiger partial charge in [0.15, 0.2) is 6.29 Å². The molecule has 2 rings (SSSR count). The van der Waals surface area contributed by atoms with Gasteiger partial charge < -0.3 is 9.84 Å². The van der Waals surface area contributed by atoms with Gasteiger partial charge in [0.05, 0.1) is 12.4 Å². The molecule has 1 fully saturated rings. The highest BCUT2D eigenvalue weighted by Gasteiger charge is 2.28. The highest BCUT2D eigenvalue weighted by molar-refractivity contribution is 7.97. The SMILES string of the molecule is COc1ccc([C@H]2SNO[C@@H]2O)cc1. The molecule has 0 amide bonds. The zero-order valence-corrected chi connectivity index (χ0v) is 8.45. The zero-order valence-electron chi connectivity index (χ0n) is 7.64. The van der Waals surface area contributed by atoms with Gasteiger partial charge in [-0.3, -0.25) is 4.84 Å². The van der Waals surface area contributed by atoms with Crippen LogP contribution in [0, 0.1) is 0 Å². The topological polar surface area (TPSA) is 50.7 Å². The van der Waals surface area contributed by atoms with Crippen molar-refractivity contribution < 1.29 is 14.7 Å². The van der Waals surface area contributed by atoms with E-state index in [9.17, 15) is 5.11 Å². The fourth-order valence-electron chi connectivity index (χ4n) is 1.28. The lowest BCUT2D eigenvalue weighted by atomic mass is 10.1. The van der Waals surface area contributed by atoms with E-state index in [4.69, 9.17) is 9.57 Å². The first-order valence-electron chi connectivity index (χ1n) is 4.19. The van der Waals surface area contributed by atoms with Crippen LogP contribution in [0.3, 0.4) is 0 Å². The maximum atomic E-state index is 9.43. The van der Waals surface area contributed by atoms with Crippen molar-refractivity contribution in [2.45, 2.75) is 11.5 Å². The van der Waals surface area contributed by atoms with Crippen LogP contribution in [0.2, 0.25) is 0 Å². The first-order valence-corrected chi connectivity index (χ1v) is 5.07. The van der Waals surface area contributed by atoms with Gasteiger partial charge >= 0.3 is 0 Å². The maximum Gasteiger partial charge on any atom is 0.193 e. The van der Waals surface area contributed by atoms with E-state index in [1.54, 1.807) is 7.11 Å². The summed E-state index contributed by atoms with van der Waals surface area (Å²) in [6, 6.07) is 7.55. The molecule has 76 valence electrons. The van der Waals surface area contributed by atoms with Crippen molar-refractivity contribution in [1.82, 2.24) is 4.89 Å². The third-order valence-corrected chi connectivity index (χ3v) is 3.00. The molecule has 2 N–H and O–H groups in total. The van der Waals surface area contributed by atoms with Crippen LogP contribution >= 0.6 is 11.9 Å². The Balaban J connectivity index is 2.16. The molecule has 0 unspecified atom stereocenters. The predicted molar refractivity (Wildman–Crippen MR) is 53.6 cm³/mol. The van der Waals surface area contributed by atoms with E-state index in [1.165, 1.54) is 11.9 Å². The Hall–Kier alpha value is -0.750. The first kappa shape index (κ1) is 9.79. The van der Waals surface area contributed by atoms with Crippen LogP contribution in [0.1, 0.15) is 10.8 Å². The number of methoxy groups -OCH3 is 1. The van der Waals surface area contributed by atoms with Crippen molar-refractivity contribution in [2.75, 3.05) is 7.11 Å². The van der Waals surface area contributed by atoms with Gasteiger partial charge in [0.1, 0.15) is 5.75 Å². The Bertz CT molecular complexity index is 303. The summed E-state index contributed by atoms with van der Waals surface area (Å²) in [6.07, 6.45) is -0.798. The summed E-state index contributed by atoms with van der Waals surface area (Å²) in [5.41, 5.74) is 1.01. The average Bonchev–Trinajstić information content (AvgIpc) is 2.65. The molecule has 0 bridgehead atoms. The van der Waals surface area contributed by atoms with E-state index in [-0.39, 0.29) is 5.25 Å². The Labute approximate surface area is 86.3 Å². The van der Waals surface area contributed by atoms with Crippen LogP contribution in [0.15, 0.2) is 24.3 Å². The molecule has 1 heterocycles. The van der Waals surface area contributed by atoms with E-state index < -0.39 is 6.29 Å². The number of rotatable bonds is 2. The van der Waals surface area contributed by atoms with Crippen LogP contribution in [0.25, 0.3) is 0 Å². The third-order valence-electron chi connectivity index (χ3n) is 2.05. The van der Waals surface area contributed by atoms with Gasteiger partial charge in [-0.25, -0.2) is 0 Å². The van der Waals surface area contributed by atoms with Crippen LogP contribution < -0.4 is 9.62 Å². The Kier molecular flexibility index (Phi) is 2.93. The van der Waals surface area contributed by atoms with Crippen LogP contribution in [0.4, 0.5) is 0 Å². The number of aliphatic hydroxyl groups is 1. The first-order chi connectivity index (χ1) is 6.81. The molecule has 1 aromatic rings. The van der Waals surface area contributed by atoms with Crippen LogP contribution in [-0.2, 0) is 4.84 Å². The molecular formula is C9H11NO3S. The zero-order chi connectivity index (χ0) is 9.97. The molecule has 1 aliphatic rings. The van der Waals surface area contributed by atoms with Gasteiger partial charge in [-0.15, -0.1) is 4.89 Å². The summed E-state index contributed by atoms with van der Waals surface area (Å²) in [5.74, 6) is 0.806. The van der Waals surface area contributed by atoms with Gasteiger partial charge in [-0.2, -0.15) is 0 Å². The third kappa shape index (κ3) is 1.85. The smallest absolute Gasteiger partial charge is 0.193 e. The summed E-state index contributed by atoms with van der Waals surface area (Å²) in [5, 5.41) is 9.35. The molecule has 4 nitrogen and oxygen atoms in total. The monoisotopic (exact) mass is 213 g/mol. The average molecular weight is 213 g/mol. The standard InChI is InChI=1S/C9H11NO3S/c1-12-7-4-2-6(3-5-7)8-9(11)13-10-14-8/h2-5,8-11H,1H3/t8-,9+/m1/s1. The fourth-order valence-corrected chi connectivity index (χ4v) is 2.00. The number of nitrogens with one attached hydrogen (secondary N) is 1. The van der Waals surface area contributed by atoms with Crippen molar-refractivity contribution in [3.63, 3.8) is 0 Å². The Morgan fingerprint density at radius 2 is 2.14 bits per heavy atom. The molecule has 1 saturated heterocycles. The molecule has 5 heteroatoms. The van der Waals surface area contributed by atoms with E-state index in [0.29, 0.717) is 0 Å². The summed E-state index contributed by atoms with van der Waals surface area (Å²) in [7, 11) is 1.62.